The fourth-order valence-corrected chi connectivity index (χ4v) is 1.85. The molecule has 0 unspecified atom stereocenters. The summed E-state index contributed by atoms with van der Waals surface area (Å²) in [6.07, 6.45) is 0. The van der Waals surface area contributed by atoms with E-state index in [2.05, 4.69) is 20.9 Å². The van der Waals surface area contributed by atoms with E-state index < -0.39 is 5.82 Å². The van der Waals surface area contributed by atoms with E-state index in [9.17, 15) is 4.39 Å². The number of rotatable bonds is 3. The Bertz CT molecular complexity index is 575. The molecule has 0 amide bonds. The highest BCUT2D eigenvalue weighted by Crippen LogP contribution is 2.26. The summed E-state index contributed by atoms with van der Waals surface area (Å²) in [7, 11) is 0. The van der Waals surface area contributed by atoms with Gasteiger partial charge in [-0.15, -0.1) is 0 Å². The summed E-state index contributed by atoms with van der Waals surface area (Å²) in [4.78, 5) is 4.13. The zero-order valence-corrected chi connectivity index (χ0v) is 11.2. The Balaban J connectivity index is 2.30. The molecule has 5 heteroatoms. The van der Waals surface area contributed by atoms with Crippen molar-refractivity contribution in [3.8, 4) is 11.6 Å². The third kappa shape index (κ3) is 3.05. The van der Waals surface area contributed by atoms with E-state index in [1.807, 2.05) is 0 Å². The third-order valence-corrected chi connectivity index (χ3v) is 2.77. The molecular formula is C13H11BrFNO2. The molecule has 94 valence electrons. The molecule has 0 aliphatic heterocycles. The first-order chi connectivity index (χ1) is 8.58. The SMILES string of the molecule is Cc1cc(CO)cc(Oc2ccc(Br)cc2F)n1. The Labute approximate surface area is 112 Å². The highest BCUT2D eigenvalue weighted by molar-refractivity contribution is 9.10. The Morgan fingerprint density at radius 3 is 2.78 bits per heavy atom. The molecule has 0 saturated carbocycles. The van der Waals surface area contributed by atoms with Gasteiger partial charge in [-0.05, 0) is 36.8 Å². The maximum atomic E-state index is 13.6. The summed E-state index contributed by atoms with van der Waals surface area (Å²) in [5.41, 5.74) is 1.38. The smallest absolute Gasteiger partial charge is 0.219 e. The van der Waals surface area contributed by atoms with Gasteiger partial charge in [-0.3, -0.25) is 0 Å². The van der Waals surface area contributed by atoms with Gasteiger partial charge in [0, 0.05) is 16.2 Å². The molecule has 0 saturated heterocycles. The van der Waals surface area contributed by atoms with Gasteiger partial charge >= 0.3 is 0 Å². The van der Waals surface area contributed by atoms with Crippen LogP contribution in [-0.4, -0.2) is 10.1 Å². The van der Waals surface area contributed by atoms with E-state index in [0.717, 1.165) is 0 Å². The van der Waals surface area contributed by atoms with E-state index >= 15 is 0 Å². The number of halogens is 2. The van der Waals surface area contributed by atoms with Crippen LogP contribution in [0.5, 0.6) is 11.6 Å². The van der Waals surface area contributed by atoms with Gasteiger partial charge in [-0.2, -0.15) is 0 Å². The monoisotopic (exact) mass is 311 g/mol. The molecule has 0 aliphatic carbocycles. The maximum absolute atomic E-state index is 13.6. The molecule has 1 aromatic carbocycles. The van der Waals surface area contributed by atoms with Crippen LogP contribution in [0.3, 0.4) is 0 Å². The number of aliphatic hydroxyl groups excluding tert-OH is 1. The van der Waals surface area contributed by atoms with Crippen molar-refractivity contribution in [1.82, 2.24) is 4.98 Å². The van der Waals surface area contributed by atoms with E-state index in [0.29, 0.717) is 15.7 Å². The molecule has 1 heterocycles. The summed E-state index contributed by atoms with van der Waals surface area (Å²) in [5.74, 6) is -0.112. The van der Waals surface area contributed by atoms with Crippen LogP contribution in [0.4, 0.5) is 4.39 Å². The van der Waals surface area contributed by atoms with Gasteiger partial charge in [-0.1, -0.05) is 15.9 Å². The quantitative estimate of drug-likeness (QED) is 0.942. The minimum atomic E-state index is -0.474. The third-order valence-electron chi connectivity index (χ3n) is 2.28. The van der Waals surface area contributed by atoms with Crippen molar-refractivity contribution in [2.24, 2.45) is 0 Å². The second-order valence-electron chi connectivity index (χ2n) is 3.79. The molecule has 0 radical (unpaired) electrons. The van der Waals surface area contributed by atoms with Gasteiger partial charge in [0.25, 0.3) is 0 Å². The highest BCUT2D eigenvalue weighted by atomic mass is 79.9. The molecule has 1 aromatic heterocycles. The Hall–Kier alpha value is -1.46. The predicted octanol–water partition coefficient (Wildman–Crippen LogP) is 3.58. The van der Waals surface area contributed by atoms with Crippen LogP contribution >= 0.6 is 15.9 Å². The van der Waals surface area contributed by atoms with Crippen molar-refractivity contribution in [2.75, 3.05) is 0 Å². The predicted molar refractivity (Wildman–Crippen MR) is 69.1 cm³/mol. The summed E-state index contributed by atoms with van der Waals surface area (Å²) in [6.45, 7) is 1.67. The van der Waals surface area contributed by atoms with Gasteiger partial charge < -0.3 is 9.84 Å². The highest BCUT2D eigenvalue weighted by Gasteiger charge is 2.07. The van der Waals surface area contributed by atoms with Gasteiger partial charge in [0.2, 0.25) is 5.88 Å². The van der Waals surface area contributed by atoms with E-state index in [1.165, 1.54) is 12.1 Å². The second-order valence-corrected chi connectivity index (χ2v) is 4.71. The topological polar surface area (TPSA) is 42.4 Å². The van der Waals surface area contributed by atoms with Gasteiger partial charge in [0.15, 0.2) is 11.6 Å². The number of aromatic nitrogens is 1. The zero-order chi connectivity index (χ0) is 13.1. The molecule has 0 atom stereocenters. The van der Waals surface area contributed by atoms with Crippen molar-refractivity contribution in [1.29, 1.82) is 0 Å². The summed E-state index contributed by atoms with van der Waals surface area (Å²) in [5, 5.41) is 9.08. The van der Waals surface area contributed by atoms with Gasteiger partial charge in [-0.25, -0.2) is 9.37 Å². The van der Waals surface area contributed by atoms with Gasteiger partial charge in [0.1, 0.15) is 0 Å². The average Bonchev–Trinajstić information content (AvgIpc) is 2.32. The number of aliphatic hydroxyl groups is 1. The number of benzene rings is 1. The first kappa shape index (κ1) is 13.0. The molecule has 3 nitrogen and oxygen atoms in total. The van der Waals surface area contributed by atoms with Crippen LogP contribution in [0.25, 0.3) is 0 Å². The second kappa shape index (κ2) is 5.46. The molecule has 0 fully saturated rings. The lowest BCUT2D eigenvalue weighted by Gasteiger charge is -2.08. The molecule has 1 N–H and O–H groups in total. The van der Waals surface area contributed by atoms with E-state index in [-0.39, 0.29) is 18.2 Å². The van der Waals surface area contributed by atoms with Crippen molar-refractivity contribution >= 4 is 15.9 Å². The lowest BCUT2D eigenvalue weighted by Crippen LogP contribution is -1.95. The number of aryl methyl sites for hydroxylation is 1. The Kier molecular flexibility index (Phi) is 3.93. The minimum absolute atomic E-state index is 0.0974. The van der Waals surface area contributed by atoms with Crippen molar-refractivity contribution in [2.45, 2.75) is 13.5 Å². The molecule has 2 aromatic rings. The average molecular weight is 312 g/mol. The lowest BCUT2D eigenvalue weighted by molar-refractivity contribution is 0.280. The largest absolute Gasteiger partial charge is 0.436 e. The first-order valence-electron chi connectivity index (χ1n) is 5.30. The van der Waals surface area contributed by atoms with Crippen LogP contribution in [0.15, 0.2) is 34.8 Å². The molecule has 0 aliphatic rings. The summed E-state index contributed by atoms with van der Waals surface area (Å²) >= 11 is 3.17. The maximum Gasteiger partial charge on any atom is 0.219 e. The lowest BCUT2D eigenvalue weighted by atomic mass is 10.2. The molecule has 2 rings (SSSR count). The molecule has 0 bridgehead atoms. The van der Waals surface area contributed by atoms with E-state index in [1.54, 1.807) is 25.1 Å². The fourth-order valence-electron chi connectivity index (χ4n) is 1.52. The number of pyridine rings is 1. The van der Waals surface area contributed by atoms with Crippen molar-refractivity contribution in [3.63, 3.8) is 0 Å². The number of hydrogen-bond donors (Lipinski definition) is 1. The Morgan fingerprint density at radius 2 is 2.11 bits per heavy atom. The summed E-state index contributed by atoms with van der Waals surface area (Å²) in [6, 6.07) is 7.83. The minimum Gasteiger partial charge on any atom is -0.436 e. The summed E-state index contributed by atoms with van der Waals surface area (Å²) < 4.78 is 19.6. The fraction of sp³-hybridized carbons (Fsp3) is 0.154. The van der Waals surface area contributed by atoms with Crippen LogP contribution in [0.2, 0.25) is 0 Å². The Morgan fingerprint density at radius 1 is 1.33 bits per heavy atom. The number of nitrogens with zero attached hydrogens (tertiary/aromatic N) is 1. The normalized spacial score (nSPS) is 10.4. The van der Waals surface area contributed by atoms with Gasteiger partial charge in [0.05, 0.1) is 6.61 Å². The van der Waals surface area contributed by atoms with Crippen LogP contribution < -0.4 is 4.74 Å². The number of ether oxygens (including phenoxy) is 1. The zero-order valence-electron chi connectivity index (χ0n) is 9.65. The molecular weight excluding hydrogens is 301 g/mol. The van der Waals surface area contributed by atoms with Crippen LogP contribution in [0.1, 0.15) is 11.3 Å². The molecule has 18 heavy (non-hydrogen) atoms. The van der Waals surface area contributed by atoms with Crippen LogP contribution in [0, 0.1) is 12.7 Å². The number of hydrogen-bond acceptors (Lipinski definition) is 3. The van der Waals surface area contributed by atoms with Crippen molar-refractivity contribution < 1.29 is 14.2 Å². The first-order valence-corrected chi connectivity index (χ1v) is 6.09. The van der Waals surface area contributed by atoms with E-state index in [4.69, 9.17) is 9.84 Å². The standard InChI is InChI=1S/C13H11BrFNO2/c1-8-4-9(7-17)5-13(16-8)18-12-3-2-10(14)6-11(12)15/h2-6,17H,7H2,1H3. The van der Waals surface area contributed by atoms with Crippen LogP contribution in [-0.2, 0) is 6.61 Å². The van der Waals surface area contributed by atoms with Crippen molar-refractivity contribution in [3.05, 3.63) is 51.9 Å². The molecule has 0 spiro atoms.